The highest BCUT2D eigenvalue weighted by atomic mass is 16.5. The molecule has 1 atom stereocenters. The van der Waals surface area contributed by atoms with Crippen LogP contribution in [0.2, 0.25) is 0 Å². The molecule has 6 heteroatoms. The summed E-state index contributed by atoms with van der Waals surface area (Å²) in [7, 11) is 0. The van der Waals surface area contributed by atoms with Crippen LogP contribution in [0.15, 0.2) is 42.6 Å². The van der Waals surface area contributed by atoms with Crippen LogP contribution in [0.25, 0.3) is 0 Å². The highest BCUT2D eigenvalue weighted by Crippen LogP contribution is 2.03. The molecule has 0 bridgehead atoms. The van der Waals surface area contributed by atoms with Gasteiger partial charge in [-0.3, -0.25) is 5.10 Å². The molecule has 0 radical (unpaired) electrons. The van der Waals surface area contributed by atoms with E-state index in [1.807, 2.05) is 30.3 Å². The van der Waals surface area contributed by atoms with Crippen LogP contribution in [0.1, 0.15) is 11.3 Å². The number of carbonyl (C=O) groups is 1. The van der Waals surface area contributed by atoms with Gasteiger partial charge in [-0.2, -0.15) is 5.10 Å². The first-order chi connectivity index (χ1) is 9.78. The van der Waals surface area contributed by atoms with Crippen molar-refractivity contribution in [1.82, 2.24) is 15.5 Å². The first-order valence-corrected chi connectivity index (χ1v) is 6.43. The first-order valence-electron chi connectivity index (χ1n) is 6.43. The Hall–Kier alpha value is -2.34. The van der Waals surface area contributed by atoms with Gasteiger partial charge in [0.15, 0.2) is 0 Å². The van der Waals surface area contributed by atoms with Gasteiger partial charge in [-0.1, -0.05) is 30.3 Å². The van der Waals surface area contributed by atoms with Gasteiger partial charge in [0.2, 0.25) is 0 Å². The number of nitrogens with two attached hydrogens (primary N) is 1. The fraction of sp³-hybridized carbons (Fsp3) is 0.286. The third-order valence-electron chi connectivity index (χ3n) is 2.85. The maximum absolute atomic E-state index is 11.7. The van der Waals surface area contributed by atoms with Crippen LogP contribution in [-0.4, -0.2) is 28.9 Å². The second-order valence-electron chi connectivity index (χ2n) is 4.42. The Balaban J connectivity index is 1.79. The molecular weight excluding hydrogens is 256 g/mol. The van der Waals surface area contributed by atoms with E-state index >= 15 is 0 Å². The van der Waals surface area contributed by atoms with E-state index < -0.39 is 6.09 Å². The molecule has 0 fully saturated rings. The van der Waals surface area contributed by atoms with Gasteiger partial charge in [0.25, 0.3) is 0 Å². The lowest BCUT2D eigenvalue weighted by Gasteiger charge is -2.16. The molecule has 2 aromatic rings. The number of H-pyrrole nitrogens is 1. The van der Waals surface area contributed by atoms with Gasteiger partial charge >= 0.3 is 6.09 Å². The molecular formula is C14H18N4O2. The van der Waals surface area contributed by atoms with Crippen molar-refractivity contribution in [2.75, 3.05) is 6.54 Å². The number of nitrogens with zero attached hydrogens (tertiary/aromatic N) is 1. The van der Waals surface area contributed by atoms with Crippen molar-refractivity contribution in [3.8, 4) is 0 Å². The Bertz CT molecular complexity index is 513. The summed E-state index contributed by atoms with van der Waals surface area (Å²) in [6.07, 6.45) is 1.80. The molecule has 20 heavy (non-hydrogen) atoms. The largest absolute Gasteiger partial charge is 0.443 e. The zero-order chi connectivity index (χ0) is 14.2. The van der Waals surface area contributed by atoms with Crippen LogP contribution in [0.5, 0.6) is 0 Å². The smallest absolute Gasteiger partial charge is 0.407 e. The number of hydrogen-bond acceptors (Lipinski definition) is 4. The van der Waals surface area contributed by atoms with Crippen molar-refractivity contribution in [1.29, 1.82) is 0 Å². The lowest BCUT2D eigenvalue weighted by molar-refractivity contribution is 0.134. The summed E-state index contributed by atoms with van der Waals surface area (Å²) in [6.45, 7) is 0.516. The quantitative estimate of drug-likeness (QED) is 0.738. The molecule has 106 valence electrons. The van der Waals surface area contributed by atoms with E-state index in [1.54, 1.807) is 12.3 Å². The SMILES string of the molecule is NC[C@H](Cc1ccccc1)NC(=O)OCc1ccn[nH]1. The minimum absolute atomic E-state index is 0.147. The summed E-state index contributed by atoms with van der Waals surface area (Å²) >= 11 is 0. The number of nitrogens with one attached hydrogen (secondary N) is 2. The molecule has 0 spiro atoms. The maximum atomic E-state index is 11.7. The molecule has 2 rings (SSSR count). The fourth-order valence-electron chi connectivity index (χ4n) is 1.81. The Kier molecular flexibility index (Phi) is 5.14. The number of alkyl carbamates (subject to hydrolysis) is 1. The van der Waals surface area contributed by atoms with Crippen LogP contribution in [-0.2, 0) is 17.8 Å². The van der Waals surface area contributed by atoms with Crippen LogP contribution in [0.4, 0.5) is 4.79 Å². The summed E-state index contributed by atoms with van der Waals surface area (Å²) in [4.78, 5) is 11.7. The van der Waals surface area contributed by atoms with Crippen molar-refractivity contribution in [2.45, 2.75) is 19.1 Å². The number of aromatic amines is 1. The zero-order valence-corrected chi connectivity index (χ0v) is 11.1. The second-order valence-corrected chi connectivity index (χ2v) is 4.42. The summed E-state index contributed by atoms with van der Waals surface area (Å²) in [5, 5.41) is 9.25. The summed E-state index contributed by atoms with van der Waals surface area (Å²) in [5.74, 6) is 0. The predicted octanol–water partition coefficient (Wildman–Crippen LogP) is 1.21. The molecule has 0 saturated carbocycles. The molecule has 0 saturated heterocycles. The van der Waals surface area contributed by atoms with Crippen LogP contribution in [0.3, 0.4) is 0 Å². The molecule has 0 aliphatic heterocycles. The van der Waals surface area contributed by atoms with E-state index in [2.05, 4.69) is 15.5 Å². The fourth-order valence-corrected chi connectivity index (χ4v) is 1.81. The van der Waals surface area contributed by atoms with Crippen molar-refractivity contribution in [3.05, 3.63) is 53.9 Å². The minimum Gasteiger partial charge on any atom is -0.443 e. The van der Waals surface area contributed by atoms with Crippen molar-refractivity contribution >= 4 is 6.09 Å². The first kappa shape index (κ1) is 14.1. The molecule has 1 heterocycles. The number of aromatic nitrogens is 2. The van der Waals surface area contributed by atoms with Crippen molar-refractivity contribution < 1.29 is 9.53 Å². The Morgan fingerprint density at radius 1 is 1.35 bits per heavy atom. The third kappa shape index (κ3) is 4.40. The van der Waals surface area contributed by atoms with E-state index in [4.69, 9.17) is 10.5 Å². The maximum Gasteiger partial charge on any atom is 0.407 e. The van der Waals surface area contributed by atoms with E-state index in [1.165, 1.54) is 0 Å². The summed E-state index contributed by atoms with van der Waals surface area (Å²) in [6, 6.07) is 11.5. The highest BCUT2D eigenvalue weighted by molar-refractivity contribution is 5.67. The second kappa shape index (κ2) is 7.30. The zero-order valence-electron chi connectivity index (χ0n) is 11.1. The van der Waals surface area contributed by atoms with Crippen LogP contribution < -0.4 is 11.1 Å². The standard InChI is InChI=1S/C14H18N4O2/c15-9-13(8-11-4-2-1-3-5-11)17-14(19)20-10-12-6-7-16-18-12/h1-7,13H,8-10,15H2,(H,16,18)(H,17,19)/t13-/m0/s1. The van der Waals surface area contributed by atoms with E-state index in [-0.39, 0.29) is 12.6 Å². The summed E-state index contributed by atoms with van der Waals surface area (Å²) in [5.41, 5.74) is 7.54. The Morgan fingerprint density at radius 3 is 2.80 bits per heavy atom. The number of rotatable bonds is 6. The minimum atomic E-state index is -0.481. The van der Waals surface area contributed by atoms with E-state index in [0.717, 1.165) is 11.3 Å². The molecule has 6 nitrogen and oxygen atoms in total. The molecule has 0 aliphatic rings. The molecule has 1 aromatic heterocycles. The lowest BCUT2D eigenvalue weighted by atomic mass is 10.1. The van der Waals surface area contributed by atoms with Gasteiger partial charge in [-0.15, -0.1) is 0 Å². The molecule has 1 aromatic carbocycles. The monoisotopic (exact) mass is 274 g/mol. The number of ether oxygens (including phenoxy) is 1. The van der Waals surface area contributed by atoms with Gasteiger partial charge < -0.3 is 15.8 Å². The lowest BCUT2D eigenvalue weighted by Crippen LogP contribution is -2.41. The van der Waals surface area contributed by atoms with Crippen LogP contribution >= 0.6 is 0 Å². The predicted molar refractivity (Wildman–Crippen MR) is 74.9 cm³/mol. The van der Waals surface area contributed by atoms with E-state index in [9.17, 15) is 4.79 Å². The van der Waals surface area contributed by atoms with Gasteiger partial charge in [0.05, 0.1) is 5.69 Å². The average molecular weight is 274 g/mol. The average Bonchev–Trinajstić information content (AvgIpc) is 2.99. The van der Waals surface area contributed by atoms with Crippen molar-refractivity contribution in [3.63, 3.8) is 0 Å². The highest BCUT2D eigenvalue weighted by Gasteiger charge is 2.12. The molecule has 0 unspecified atom stereocenters. The molecule has 4 N–H and O–H groups in total. The van der Waals surface area contributed by atoms with Gasteiger partial charge in [-0.25, -0.2) is 4.79 Å². The normalized spacial score (nSPS) is 11.8. The number of carbonyl (C=O) groups excluding carboxylic acids is 1. The Labute approximate surface area is 117 Å². The number of amides is 1. The third-order valence-corrected chi connectivity index (χ3v) is 2.85. The topological polar surface area (TPSA) is 93.0 Å². The summed E-state index contributed by atoms with van der Waals surface area (Å²) < 4.78 is 5.08. The van der Waals surface area contributed by atoms with Gasteiger partial charge in [0.1, 0.15) is 6.61 Å². The van der Waals surface area contributed by atoms with Gasteiger partial charge in [0, 0.05) is 18.8 Å². The number of benzene rings is 1. The molecule has 0 aliphatic carbocycles. The number of hydrogen-bond donors (Lipinski definition) is 3. The van der Waals surface area contributed by atoms with Gasteiger partial charge in [-0.05, 0) is 18.1 Å². The molecule has 1 amide bonds. The van der Waals surface area contributed by atoms with Crippen LogP contribution in [0, 0.1) is 0 Å². The van der Waals surface area contributed by atoms with E-state index in [0.29, 0.717) is 13.0 Å². The Morgan fingerprint density at radius 2 is 2.15 bits per heavy atom. The van der Waals surface area contributed by atoms with Crippen molar-refractivity contribution in [2.24, 2.45) is 5.73 Å².